The number of fused-ring (bicyclic) bond motifs is 15. The lowest BCUT2D eigenvalue weighted by atomic mass is 9.82. The summed E-state index contributed by atoms with van der Waals surface area (Å²) in [5.74, 6) is 0. The Morgan fingerprint density at radius 1 is 0.302 bits per heavy atom. The highest BCUT2D eigenvalue weighted by Gasteiger charge is 2.36. The van der Waals surface area contributed by atoms with E-state index in [0.717, 1.165) is 43.9 Å². The van der Waals surface area contributed by atoms with E-state index in [4.69, 9.17) is 8.83 Å². The molecule has 1 aliphatic rings. The third kappa shape index (κ3) is 4.84. The van der Waals surface area contributed by atoms with E-state index in [2.05, 4.69) is 208 Å². The number of hydrogen-bond donors (Lipinski definition) is 0. The summed E-state index contributed by atoms with van der Waals surface area (Å²) in [5.41, 5.74) is 16.2. The van der Waals surface area contributed by atoms with Gasteiger partial charge in [0.2, 0.25) is 0 Å². The van der Waals surface area contributed by atoms with Crippen LogP contribution in [0.3, 0.4) is 0 Å². The van der Waals surface area contributed by atoms with Crippen molar-refractivity contribution in [1.82, 2.24) is 0 Å². The zero-order valence-electron chi connectivity index (χ0n) is 34.8. The molecule has 14 rings (SSSR count). The van der Waals surface area contributed by atoms with E-state index in [0.29, 0.717) is 0 Å². The molecule has 0 spiro atoms. The van der Waals surface area contributed by atoms with Gasteiger partial charge in [0.05, 0.1) is 0 Å². The first kappa shape index (κ1) is 34.7. The summed E-state index contributed by atoms with van der Waals surface area (Å²) >= 11 is 0. The number of furan rings is 2. The zero-order chi connectivity index (χ0) is 41.6. The standard InChI is InChI=1S/C61H38O2/c1-61(2)51-25-20-37(32-49(51)59-41-13-5-3-11-35(41)19-26-52(59)61)38-22-27-53-47(31-38)48-33-39(23-28-54(48)62-53)57-43-15-7-9-17-45(43)58(46-18-10-8-16-44(46)57)40-24-29-55-50(34-40)60-42-14-6-4-12-36(42)21-30-56(60)63-55/h3-34H,1-2H3. The highest BCUT2D eigenvalue weighted by Crippen LogP contribution is 2.53. The summed E-state index contributed by atoms with van der Waals surface area (Å²) in [7, 11) is 0. The molecule has 11 aromatic carbocycles. The molecule has 0 saturated carbocycles. The SMILES string of the molecule is CC1(C)c2ccc(-c3ccc4oc5ccc(-c6c7ccccc7c(-c7ccc8oc9ccc%10ccccc%10c9c8c7)c7ccccc67)cc5c4c3)cc2-c2c1ccc1ccccc21. The van der Waals surface area contributed by atoms with Crippen molar-refractivity contribution in [1.29, 1.82) is 0 Å². The van der Waals surface area contributed by atoms with Gasteiger partial charge >= 0.3 is 0 Å². The summed E-state index contributed by atoms with van der Waals surface area (Å²) in [5, 5.41) is 14.4. The maximum atomic E-state index is 6.56. The zero-order valence-corrected chi connectivity index (χ0v) is 34.8. The lowest BCUT2D eigenvalue weighted by Gasteiger charge is -2.21. The van der Waals surface area contributed by atoms with Crippen molar-refractivity contribution in [3.63, 3.8) is 0 Å². The van der Waals surface area contributed by atoms with Crippen LogP contribution in [0, 0.1) is 0 Å². The first-order valence-corrected chi connectivity index (χ1v) is 21.9. The van der Waals surface area contributed by atoms with Crippen molar-refractivity contribution >= 4 is 87.0 Å². The van der Waals surface area contributed by atoms with Crippen molar-refractivity contribution < 1.29 is 8.83 Å². The molecule has 294 valence electrons. The van der Waals surface area contributed by atoms with E-state index < -0.39 is 0 Å². The number of benzene rings is 11. The Morgan fingerprint density at radius 3 is 1.38 bits per heavy atom. The Kier molecular flexibility index (Phi) is 6.93. The molecule has 0 atom stereocenters. The summed E-state index contributed by atoms with van der Waals surface area (Å²) in [6.45, 7) is 4.72. The van der Waals surface area contributed by atoms with Gasteiger partial charge < -0.3 is 8.83 Å². The number of hydrogen-bond acceptors (Lipinski definition) is 2. The molecule has 13 aromatic rings. The second-order valence-electron chi connectivity index (χ2n) is 17.9. The predicted molar refractivity (Wildman–Crippen MR) is 265 cm³/mol. The topological polar surface area (TPSA) is 26.3 Å². The van der Waals surface area contributed by atoms with Crippen LogP contribution in [-0.4, -0.2) is 0 Å². The van der Waals surface area contributed by atoms with Crippen LogP contribution in [0.15, 0.2) is 203 Å². The van der Waals surface area contributed by atoms with Gasteiger partial charge in [-0.05, 0) is 147 Å². The van der Waals surface area contributed by atoms with Crippen molar-refractivity contribution in [3.05, 3.63) is 205 Å². The van der Waals surface area contributed by atoms with Crippen molar-refractivity contribution in [2.75, 3.05) is 0 Å². The highest BCUT2D eigenvalue weighted by molar-refractivity contribution is 6.24. The third-order valence-corrected chi connectivity index (χ3v) is 14.2. The first-order valence-electron chi connectivity index (χ1n) is 21.9. The Balaban J connectivity index is 0.945. The molecule has 2 heteroatoms. The largest absolute Gasteiger partial charge is 0.456 e. The molecule has 0 N–H and O–H groups in total. The average Bonchev–Trinajstić information content (AvgIpc) is 3.97. The summed E-state index contributed by atoms with van der Waals surface area (Å²) in [6.07, 6.45) is 0. The first-order chi connectivity index (χ1) is 31.0. The molecule has 2 nitrogen and oxygen atoms in total. The molecule has 0 bridgehead atoms. The van der Waals surface area contributed by atoms with Gasteiger partial charge in [0.15, 0.2) is 0 Å². The Labute approximate surface area is 363 Å². The van der Waals surface area contributed by atoms with Gasteiger partial charge in [-0.2, -0.15) is 0 Å². The average molecular weight is 803 g/mol. The molecule has 0 saturated heterocycles. The van der Waals surface area contributed by atoms with Crippen LogP contribution in [0.25, 0.3) is 131 Å². The normalized spacial score (nSPS) is 13.4. The quantitative estimate of drug-likeness (QED) is 0.166. The van der Waals surface area contributed by atoms with Crippen molar-refractivity contribution in [3.8, 4) is 44.5 Å². The Bertz CT molecular complexity index is 4060. The van der Waals surface area contributed by atoms with Gasteiger partial charge in [-0.3, -0.25) is 0 Å². The maximum absolute atomic E-state index is 6.56. The number of rotatable bonds is 3. The smallest absolute Gasteiger partial charge is 0.136 e. The molecular formula is C61H38O2. The molecular weight excluding hydrogens is 765 g/mol. The van der Waals surface area contributed by atoms with E-state index in [1.165, 1.54) is 98.7 Å². The molecule has 63 heavy (non-hydrogen) atoms. The minimum absolute atomic E-state index is 0.0709. The van der Waals surface area contributed by atoms with Crippen LogP contribution < -0.4 is 0 Å². The fourth-order valence-electron chi connectivity index (χ4n) is 11.3. The molecule has 0 unspecified atom stereocenters. The molecule has 0 aliphatic heterocycles. The van der Waals surface area contributed by atoms with Gasteiger partial charge in [-0.15, -0.1) is 0 Å². The molecule has 0 amide bonds. The minimum Gasteiger partial charge on any atom is -0.456 e. The third-order valence-electron chi connectivity index (χ3n) is 14.2. The highest BCUT2D eigenvalue weighted by atomic mass is 16.3. The predicted octanol–water partition coefficient (Wildman–Crippen LogP) is 17.4. The summed E-state index contributed by atoms with van der Waals surface area (Å²) in [4.78, 5) is 0. The fourth-order valence-corrected chi connectivity index (χ4v) is 11.3. The summed E-state index contributed by atoms with van der Waals surface area (Å²) in [6, 6.07) is 71.3. The van der Waals surface area contributed by atoms with E-state index in [-0.39, 0.29) is 5.41 Å². The lowest BCUT2D eigenvalue weighted by molar-refractivity contribution is 0.661. The molecule has 0 fully saturated rings. The Hall–Kier alpha value is -7.94. The summed E-state index contributed by atoms with van der Waals surface area (Å²) < 4.78 is 13.0. The van der Waals surface area contributed by atoms with E-state index in [9.17, 15) is 0 Å². The molecule has 0 radical (unpaired) electrons. The second kappa shape index (κ2) is 12.6. The van der Waals surface area contributed by atoms with Crippen LogP contribution in [0.1, 0.15) is 25.0 Å². The maximum Gasteiger partial charge on any atom is 0.136 e. The minimum atomic E-state index is -0.0709. The van der Waals surface area contributed by atoms with Gasteiger partial charge in [-0.25, -0.2) is 0 Å². The van der Waals surface area contributed by atoms with Gasteiger partial charge in [0.25, 0.3) is 0 Å². The molecule has 2 aromatic heterocycles. The molecule has 1 aliphatic carbocycles. The van der Waals surface area contributed by atoms with Crippen molar-refractivity contribution in [2.24, 2.45) is 0 Å². The lowest BCUT2D eigenvalue weighted by Crippen LogP contribution is -2.14. The van der Waals surface area contributed by atoms with E-state index in [1.54, 1.807) is 0 Å². The van der Waals surface area contributed by atoms with Gasteiger partial charge in [0, 0.05) is 27.0 Å². The van der Waals surface area contributed by atoms with Crippen LogP contribution >= 0.6 is 0 Å². The van der Waals surface area contributed by atoms with Gasteiger partial charge in [0.1, 0.15) is 22.3 Å². The van der Waals surface area contributed by atoms with Crippen molar-refractivity contribution in [2.45, 2.75) is 19.3 Å². The van der Waals surface area contributed by atoms with E-state index >= 15 is 0 Å². The van der Waals surface area contributed by atoms with Crippen LogP contribution in [-0.2, 0) is 5.41 Å². The van der Waals surface area contributed by atoms with E-state index in [1.807, 2.05) is 0 Å². The van der Waals surface area contributed by atoms with Crippen LogP contribution in [0.2, 0.25) is 0 Å². The molecule has 2 heterocycles. The monoisotopic (exact) mass is 802 g/mol. The van der Waals surface area contributed by atoms with Gasteiger partial charge in [-0.1, -0.05) is 159 Å². The fraction of sp³-hybridized carbons (Fsp3) is 0.0492. The Morgan fingerprint density at radius 2 is 0.730 bits per heavy atom. The van der Waals surface area contributed by atoms with Crippen LogP contribution in [0.4, 0.5) is 0 Å². The van der Waals surface area contributed by atoms with Crippen LogP contribution in [0.5, 0.6) is 0 Å². The second-order valence-corrected chi connectivity index (χ2v) is 17.9.